The fourth-order valence-corrected chi connectivity index (χ4v) is 4.64. The zero-order valence-corrected chi connectivity index (χ0v) is 16.8. The maximum Gasteiger partial charge on any atom is 0.257 e. The SMILES string of the molecule is O=C(c1cnn(-c2ccccc2)c1)N1CCN(Cc2nc3ccccc3s2)CC1. The van der Waals surface area contributed by atoms with Crippen molar-refractivity contribution in [3.8, 4) is 5.69 Å². The third-order valence-corrected chi connectivity index (χ3v) is 6.23. The van der Waals surface area contributed by atoms with Crippen LogP contribution in [0.1, 0.15) is 15.4 Å². The number of thiazole rings is 1. The molecule has 0 N–H and O–H groups in total. The van der Waals surface area contributed by atoms with E-state index in [0.717, 1.165) is 48.9 Å². The van der Waals surface area contributed by atoms with Crippen molar-refractivity contribution >= 4 is 27.5 Å². The smallest absolute Gasteiger partial charge is 0.257 e. The maximum absolute atomic E-state index is 12.9. The minimum Gasteiger partial charge on any atom is -0.336 e. The van der Waals surface area contributed by atoms with Crippen LogP contribution in [0.5, 0.6) is 0 Å². The highest BCUT2D eigenvalue weighted by atomic mass is 32.1. The quantitative estimate of drug-likeness (QED) is 0.524. The number of benzene rings is 2. The molecule has 1 amide bonds. The highest BCUT2D eigenvalue weighted by molar-refractivity contribution is 7.18. The number of hydrogen-bond acceptors (Lipinski definition) is 5. The van der Waals surface area contributed by atoms with E-state index in [-0.39, 0.29) is 5.91 Å². The predicted octanol–water partition coefficient (Wildman–Crippen LogP) is 3.44. The molecule has 7 heteroatoms. The number of piperazine rings is 1. The monoisotopic (exact) mass is 403 g/mol. The van der Waals surface area contributed by atoms with E-state index >= 15 is 0 Å². The van der Waals surface area contributed by atoms with Crippen LogP contribution in [-0.2, 0) is 6.54 Å². The van der Waals surface area contributed by atoms with Crippen molar-refractivity contribution in [2.75, 3.05) is 26.2 Å². The minimum atomic E-state index is 0.0480. The molecule has 2 aromatic carbocycles. The number of carbonyl (C=O) groups is 1. The van der Waals surface area contributed by atoms with Gasteiger partial charge in [-0.1, -0.05) is 30.3 Å². The first-order chi connectivity index (χ1) is 14.3. The average molecular weight is 404 g/mol. The predicted molar refractivity (Wildman–Crippen MR) is 114 cm³/mol. The number of fused-ring (bicyclic) bond motifs is 1. The molecule has 0 bridgehead atoms. The topological polar surface area (TPSA) is 54.3 Å². The Kier molecular flexibility index (Phi) is 4.83. The molecule has 0 radical (unpaired) electrons. The Morgan fingerprint density at radius 3 is 2.52 bits per heavy atom. The van der Waals surface area contributed by atoms with Crippen LogP contribution in [0, 0.1) is 0 Å². The van der Waals surface area contributed by atoms with Gasteiger partial charge in [0.25, 0.3) is 5.91 Å². The molecule has 5 rings (SSSR count). The van der Waals surface area contributed by atoms with E-state index in [2.05, 4.69) is 28.2 Å². The van der Waals surface area contributed by atoms with Gasteiger partial charge in [0.15, 0.2) is 0 Å². The Morgan fingerprint density at radius 2 is 1.72 bits per heavy atom. The summed E-state index contributed by atoms with van der Waals surface area (Å²) >= 11 is 1.75. The first-order valence-corrected chi connectivity index (χ1v) is 10.5. The molecule has 0 unspecified atom stereocenters. The number of rotatable bonds is 4. The van der Waals surface area contributed by atoms with Crippen molar-refractivity contribution in [3.05, 3.63) is 77.6 Å². The molecule has 1 aliphatic rings. The van der Waals surface area contributed by atoms with Crippen LogP contribution in [0.4, 0.5) is 0 Å². The van der Waals surface area contributed by atoms with Crippen LogP contribution in [-0.4, -0.2) is 56.7 Å². The zero-order valence-electron chi connectivity index (χ0n) is 15.9. The van der Waals surface area contributed by atoms with E-state index in [9.17, 15) is 4.79 Å². The molecule has 146 valence electrons. The minimum absolute atomic E-state index is 0.0480. The Hall–Kier alpha value is -3.03. The Morgan fingerprint density at radius 1 is 0.966 bits per heavy atom. The van der Waals surface area contributed by atoms with Gasteiger partial charge in [0.05, 0.1) is 34.2 Å². The summed E-state index contributed by atoms with van der Waals surface area (Å²) in [4.78, 5) is 21.9. The lowest BCUT2D eigenvalue weighted by molar-refractivity contribution is 0.0628. The van der Waals surface area contributed by atoms with Crippen molar-refractivity contribution < 1.29 is 4.79 Å². The second-order valence-corrected chi connectivity index (χ2v) is 8.27. The third kappa shape index (κ3) is 3.79. The van der Waals surface area contributed by atoms with Crippen molar-refractivity contribution in [1.82, 2.24) is 24.6 Å². The molecular formula is C22H21N5OS. The number of carbonyl (C=O) groups excluding carboxylic acids is 1. The Balaban J connectivity index is 1.20. The lowest BCUT2D eigenvalue weighted by atomic mass is 10.2. The molecule has 6 nitrogen and oxygen atoms in total. The Labute approximate surface area is 173 Å². The van der Waals surface area contributed by atoms with Gasteiger partial charge in [-0.3, -0.25) is 9.69 Å². The van der Waals surface area contributed by atoms with Gasteiger partial charge in [0, 0.05) is 32.4 Å². The fourth-order valence-electron chi connectivity index (χ4n) is 3.63. The largest absolute Gasteiger partial charge is 0.336 e. The summed E-state index contributed by atoms with van der Waals surface area (Å²) in [5.41, 5.74) is 2.65. The molecule has 29 heavy (non-hydrogen) atoms. The van der Waals surface area contributed by atoms with E-state index in [1.807, 2.05) is 47.5 Å². The van der Waals surface area contributed by atoms with Gasteiger partial charge >= 0.3 is 0 Å². The van der Waals surface area contributed by atoms with E-state index in [1.165, 1.54) is 4.70 Å². The van der Waals surface area contributed by atoms with Gasteiger partial charge in [-0.25, -0.2) is 9.67 Å². The van der Waals surface area contributed by atoms with E-state index < -0.39 is 0 Å². The van der Waals surface area contributed by atoms with Crippen LogP contribution >= 0.6 is 11.3 Å². The lowest BCUT2D eigenvalue weighted by Gasteiger charge is -2.34. The normalized spacial score (nSPS) is 15.1. The van der Waals surface area contributed by atoms with Crippen LogP contribution in [0.15, 0.2) is 67.0 Å². The molecular weight excluding hydrogens is 382 g/mol. The molecule has 1 fully saturated rings. The highest BCUT2D eigenvalue weighted by Gasteiger charge is 2.23. The number of aromatic nitrogens is 3. The maximum atomic E-state index is 12.9. The van der Waals surface area contributed by atoms with Gasteiger partial charge in [-0.05, 0) is 24.3 Å². The second kappa shape index (κ2) is 7.77. The number of para-hydroxylation sites is 2. The average Bonchev–Trinajstić information content (AvgIpc) is 3.41. The van der Waals surface area contributed by atoms with Gasteiger partial charge in [0.2, 0.25) is 0 Å². The van der Waals surface area contributed by atoms with Crippen molar-refractivity contribution in [3.63, 3.8) is 0 Å². The molecule has 0 atom stereocenters. The standard InChI is InChI=1S/C22H21N5OS/c28-22(17-14-23-27(15-17)18-6-2-1-3-7-18)26-12-10-25(11-13-26)16-21-24-19-8-4-5-9-20(19)29-21/h1-9,14-15H,10-13,16H2. The molecule has 1 aliphatic heterocycles. The molecule has 0 saturated carbocycles. The van der Waals surface area contributed by atoms with Crippen molar-refractivity contribution in [2.24, 2.45) is 0 Å². The zero-order chi connectivity index (χ0) is 19.6. The van der Waals surface area contributed by atoms with Gasteiger partial charge in [0.1, 0.15) is 5.01 Å². The van der Waals surface area contributed by atoms with Crippen LogP contribution in [0.25, 0.3) is 15.9 Å². The number of nitrogens with zero attached hydrogens (tertiary/aromatic N) is 5. The second-order valence-electron chi connectivity index (χ2n) is 7.15. The van der Waals surface area contributed by atoms with Crippen LogP contribution < -0.4 is 0 Å². The molecule has 1 saturated heterocycles. The summed E-state index contributed by atoms with van der Waals surface area (Å²) in [7, 11) is 0. The summed E-state index contributed by atoms with van der Waals surface area (Å²) in [5.74, 6) is 0.0480. The van der Waals surface area contributed by atoms with E-state index in [4.69, 9.17) is 4.98 Å². The highest BCUT2D eigenvalue weighted by Crippen LogP contribution is 2.23. The molecule has 2 aromatic heterocycles. The molecule has 4 aromatic rings. The summed E-state index contributed by atoms with van der Waals surface area (Å²) in [6, 6.07) is 18.1. The third-order valence-electron chi connectivity index (χ3n) is 5.21. The van der Waals surface area contributed by atoms with Gasteiger partial charge in [-0.15, -0.1) is 11.3 Å². The van der Waals surface area contributed by atoms with Crippen LogP contribution in [0.3, 0.4) is 0 Å². The molecule has 3 heterocycles. The first-order valence-electron chi connectivity index (χ1n) is 9.72. The van der Waals surface area contributed by atoms with E-state index in [0.29, 0.717) is 5.56 Å². The van der Waals surface area contributed by atoms with Crippen LogP contribution in [0.2, 0.25) is 0 Å². The van der Waals surface area contributed by atoms with E-state index in [1.54, 1.807) is 22.2 Å². The first kappa shape index (κ1) is 18.0. The fraction of sp³-hybridized carbons (Fsp3) is 0.227. The number of hydrogen-bond donors (Lipinski definition) is 0. The lowest BCUT2D eigenvalue weighted by Crippen LogP contribution is -2.48. The number of amides is 1. The van der Waals surface area contributed by atoms with Gasteiger partial charge < -0.3 is 4.90 Å². The Bertz CT molecular complexity index is 1100. The van der Waals surface area contributed by atoms with Gasteiger partial charge in [-0.2, -0.15) is 5.10 Å². The summed E-state index contributed by atoms with van der Waals surface area (Å²) in [6.45, 7) is 4.00. The summed E-state index contributed by atoms with van der Waals surface area (Å²) in [5, 5.41) is 5.48. The molecule has 0 aliphatic carbocycles. The van der Waals surface area contributed by atoms with Crippen molar-refractivity contribution in [2.45, 2.75) is 6.54 Å². The summed E-state index contributed by atoms with van der Waals surface area (Å²) in [6.07, 6.45) is 3.47. The summed E-state index contributed by atoms with van der Waals surface area (Å²) < 4.78 is 2.98. The molecule has 0 spiro atoms. The van der Waals surface area contributed by atoms with Crippen molar-refractivity contribution in [1.29, 1.82) is 0 Å².